The van der Waals surface area contributed by atoms with E-state index >= 15 is 0 Å². The zero-order chi connectivity index (χ0) is 9.84. The summed E-state index contributed by atoms with van der Waals surface area (Å²) < 4.78 is 27.7. The molecular formula is C7H8F2N2O2. The number of ether oxygens (including phenoxy) is 1. The monoisotopic (exact) mass is 190 g/mol. The van der Waals surface area contributed by atoms with Crippen molar-refractivity contribution in [2.45, 2.75) is 6.61 Å². The number of hydrazine groups is 1. The molecule has 1 aromatic carbocycles. The number of aromatic hydroxyl groups is 1. The predicted octanol–water partition coefficient (Wildman–Crippen LogP) is 1.28. The van der Waals surface area contributed by atoms with E-state index in [0.29, 0.717) is 0 Å². The molecule has 0 radical (unpaired) electrons. The molecule has 13 heavy (non-hydrogen) atoms. The fourth-order valence-corrected chi connectivity index (χ4v) is 0.824. The Morgan fingerprint density at radius 3 is 2.69 bits per heavy atom. The van der Waals surface area contributed by atoms with Gasteiger partial charge in [0, 0.05) is 6.07 Å². The summed E-state index contributed by atoms with van der Waals surface area (Å²) in [6.07, 6.45) is 0. The number of rotatable bonds is 3. The second kappa shape index (κ2) is 3.90. The van der Waals surface area contributed by atoms with Gasteiger partial charge in [-0.2, -0.15) is 8.78 Å². The molecule has 6 heteroatoms. The van der Waals surface area contributed by atoms with Gasteiger partial charge >= 0.3 is 6.61 Å². The lowest BCUT2D eigenvalue weighted by Gasteiger charge is -2.09. The number of hydrogen-bond donors (Lipinski definition) is 3. The van der Waals surface area contributed by atoms with E-state index in [1.807, 2.05) is 0 Å². The van der Waals surface area contributed by atoms with Crippen molar-refractivity contribution in [1.82, 2.24) is 0 Å². The van der Waals surface area contributed by atoms with E-state index in [9.17, 15) is 8.78 Å². The van der Waals surface area contributed by atoms with Gasteiger partial charge in [0.25, 0.3) is 0 Å². The summed E-state index contributed by atoms with van der Waals surface area (Å²) in [5.41, 5.74) is 2.34. The first-order valence-electron chi connectivity index (χ1n) is 3.38. The minimum Gasteiger partial charge on any atom is -0.508 e. The molecule has 0 saturated carbocycles. The molecule has 0 aromatic heterocycles. The van der Waals surface area contributed by atoms with Crippen LogP contribution < -0.4 is 16.0 Å². The maximum atomic E-state index is 11.8. The Morgan fingerprint density at radius 2 is 2.15 bits per heavy atom. The molecule has 0 fully saturated rings. The van der Waals surface area contributed by atoms with Crippen LogP contribution in [0.1, 0.15) is 0 Å². The molecule has 4 N–H and O–H groups in total. The van der Waals surface area contributed by atoms with Gasteiger partial charge in [0.05, 0.1) is 5.69 Å². The predicted molar refractivity (Wildman–Crippen MR) is 42.5 cm³/mol. The molecule has 4 nitrogen and oxygen atoms in total. The molecule has 0 aliphatic rings. The lowest BCUT2D eigenvalue weighted by molar-refractivity contribution is -0.0494. The summed E-state index contributed by atoms with van der Waals surface area (Å²) in [5, 5.41) is 8.95. The highest BCUT2D eigenvalue weighted by molar-refractivity contribution is 5.58. The molecule has 0 heterocycles. The zero-order valence-electron chi connectivity index (χ0n) is 6.50. The Labute approximate surface area is 72.9 Å². The molecule has 0 atom stereocenters. The average Bonchev–Trinajstić information content (AvgIpc) is 2.03. The fraction of sp³-hybridized carbons (Fsp3) is 0.143. The summed E-state index contributed by atoms with van der Waals surface area (Å²) in [7, 11) is 0. The number of benzene rings is 1. The molecule has 0 aliphatic carbocycles. The van der Waals surface area contributed by atoms with Crippen LogP contribution in [0.5, 0.6) is 11.5 Å². The van der Waals surface area contributed by atoms with Gasteiger partial charge in [0.1, 0.15) is 5.75 Å². The first-order valence-corrected chi connectivity index (χ1v) is 3.38. The van der Waals surface area contributed by atoms with Gasteiger partial charge < -0.3 is 15.3 Å². The Kier molecular flexibility index (Phi) is 2.86. The number of hydrogen-bond acceptors (Lipinski definition) is 4. The lowest BCUT2D eigenvalue weighted by atomic mass is 10.3. The van der Waals surface area contributed by atoms with Crippen LogP contribution in [0.25, 0.3) is 0 Å². The maximum absolute atomic E-state index is 11.8. The van der Waals surface area contributed by atoms with Gasteiger partial charge in [0.15, 0.2) is 5.75 Å². The molecule has 0 spiro atoms. The number of nitrogens with two attached hydrogens (primary N) is 1. The highest BCUT2D eigenvalue weighted by atomic mass is 19.3. The lowest BCUT2D eigenvalue weighted by Crippen LogP contribution is -2.10. The van der Waals surface area contributed by atoms with Gasteiger partial charge in [0.2, 0.25) is 0 Å². The van der Waals surface area contributed by atoms with Crippen molar-refractivity contribution in [3.05, 3.63) is 18.2 Å². The van der Waals surface area contributed by atoms with E-state index in [1.54, 1.807) is 0 Å². The van der Waals surface area contributed by atoms with Crippen LogP contribution in [0.3, 0.4) is 0 Å². The number of halogens is 2. The third-order valence-corrected chi connectivity index (χ3v) is 1.34. The Morgan fingerprint density at radius 1 is 1.46 bits per heavy atom. The van der Waals surface area contributed by atoms with E-state index in [2.05, 4.69) is 10.2 Å². The fourth-order valence-electron chi connectivity index (χ4n) is 0.824. The highest BCUT2D eigenvalue weighted by Crippen LogP contribution is 2.29. The number of nitrogen functional groups attached to an aromatic ring is 1. The molecular weight excluding hydrogens is 182 g/mol. The van der Waals surface area contributed by atoms with Gasteiger partial charge in [-0.25, -0.2) is 0 Å². The number of nitrogens with one attached hydrogen (secondary N) is 1. The van der Waals surface area contributed by atoms with Crippen molar-refractivity contribution in [3.8, 4) is 11.5 Å². The second-order valence-electron chi connectivity index (χ2n) is 2.20. The van der Waals surface area contributed by atoms with Crippen LogP contribution in [-0.4, -0.2) is 11.7 Å². The summed E-state index contributed by atoms with van der Waals surface area (Å²) in [6.45, 7) is -2.95. The van der Waals surface area contributed by atoms with Crippen LogP contribution in [0, 0.1) is 0 Å². The average molecular weight is 190 g/mol. The number of phenols is 1. The van der Waals surface area contributed by atoms with Gasteiger partial charge in [-0.1, -0.05) is 0 Å². The van der Waals surface area contributed by atoms with Crippen molar-refractivity contribution >= 4 is 5.69 Å². The third kappa shape index (κ3) is 2.45. The third-order valence-electron chi connectivity index (χ3n) is 1.34. The molecule has 0 unspecified atom stereocenters. The first kappa shape index (κ1) is 9.53. The van der Waals surface area contributed by atoms with Crippen molar-refractivity contribution in [1.29, 1.82) is 0 Å². The topological polar surface area (TPSA) is 67.5 Å². The molecule has 0 aliphatic heterocycles. The summed E-state index contributed by atoms with van der Waals surface area (Å²) >= 11 is 0. The molecule has 0 amide bonds. The van der Waals surface area contributed by atoms with E-state index in [4.69, 9.17) is 10.9 Å². The summed E-state index contributed by atoms with van der Waals surface area (Å²) in [4.78, 5) is 0. The summed E-state index contributed by atoms with van der Waals surface area (Å²) in [5.74, 6) is 4.65. The second-order valence-corrected chi connectivity index (χ2v) is 2.20. The van der Waals surface area contributed by atoms with E-state index < -0.39 is 6.61 Å². The minimum atomic E-state index is -2.95. The minimum absolute atomic E-state index is 0.172. The van der Waals surface area contributed by atoms with Crippen LogP contribution in [0.4, 0.5) is 14.5 Å². The van der Waals surface area contributed by atoms with Crippen molar-refractivity contribution in [2.24, 2.45) is 5.84 Å². The van der Waals surface area contributed by atoms with Crippen molar-refractivity contribution in [2.75, 3.05) is 5.43 Å². The van der Waals surface area contributed by atoms with Crippen molar-refractivity contribution < 1.29 is 18.6 Å². The largest absolute Gasteiger partial charge is 0.508 e. The maximum Gasteiger partial charge on any atom is 0.387 e. The Hall–Kier alpha value is -1.56. The van der Waals surface area contributed by atoms with Gasteiger partial charge in [-0.15, -0.1) is 0 Å². The Bertz CT molecular complexity index is 294. The van der Waals surface area contributed by atoms with Crippen LogP contribution >= 0.6 is 0 Å². The SMILES string of the molecule is NNc1ccc(O)cc1OC(F)F. The van der Waals surface area contributed by atoms with Crippen molar-refractivity contribution in [3.63, 3.8) is 0 Å². The van der Waals surface area contributed by atoms with Crippen LogP contribution in [0.15, 0.2) is 18.2 Å². The zero-order valence-corrected chi connectivity index (χ0v) is 6.50. The quantitative estimate of drug-likeness (QED) is 0.381. The van der Waals surface area contributed by atoms with E-state index in [0.717, 1.165) is 6.07 Å². The molecule has 0 bridgehead atoms. The number of phenolic OH excluding ortho intramolecular Hbond substituents is 1. The van der Waals surface area contributed by atoms with E-state index in [1.165, 1.54) is 12.1 Å². The highest BCUT2D eigenvalue weighted by Gasteiger charge is 2.09. The molecule has 1 rings (SSSR count). The van der Waals surface area contributed by atoms with E-state index in [-0.39, 0.29) is 17.2 Å². The Balaban J connectivity index is 2.94. The summed E-state index contributed by atoms with van der Waals surface area (Å²) in [6, 6.07) is 3.67. The normalized spacial score (nSPS) is 10.2. The van der Waals surface area contributed by atoms with Crippen LogP contribution in [0.2, 0.25) is 0 Å². The molecule has 0 saturated heterocycles. The van der Waals surface area contributed by atoms with Gasteiger partial charge in [-0.3, -0.25) is 5.84 Å². The van der Waals surface area contributed by atoms with Gasteiger partial charge in [-0.05, 0) is 12.1 Å². The number of alkyl halides is 2. The standard InChI is InChI=1S/C7H8F2N2O2/c8-7(9)13-6-3-4(12)1-2-5(6)11-10/h1-3,7,11-12H,10H2. The molecule has 1 aromatic rings. The molecule has 72 valence electrons. The first-order chi connectivity index (χ1) is 6.13. The van der Waals surface area contributed by atoms with Crippen LogP contribution in [-0.2, 0) is 0 Å². The number of anilines is 1. The smallest absolute Gasteiger partial charge is 0.387 e.